The van der Waals surface area contributed by atoms with Crippen LogP contribution in [0.25, 0.3) is 0 Å². The number of aromatic nitrogens is 3. The number of nitrogens with zero attached hydrogens (tertiary/aromatic N) is 2. The van der Waals surface area contributed by atoms with E-state index in [0.717, 1.165) is 23.4 Å². The molecule has 6 nitrogen and oxygen atoms in total. The number of carbonyl (C=O) groups excluding carboxylic acids is 1. The summed E-state index contributed by atoms with van der Waals surface area (Å²) >= 11 is 0. The quantitative estimate of drug-likeness (QED) is 0.869. The van der Waals surface area contributed by atoms with E-state index in [1.807, 2.05) is 20.2 Å². The molecule has 2 aromatic heterocycles. The van der Waals surface area contributed by atoms with Gasteiger partial charge in [-0.2, -0.15) is 5.10 Å². The molecule has 106 valence electrons. The van der Waals surface area contributed by atoms with Gasteiger partial charge in [0.15, 0.2) is 5.43 Å². The summed E-state index contributed by atoms with van der Waals surface area (Å²) in [5.74, 6) is -0.378. The number of hydrogen-bond acceptors (Lipinski definition) is 3. The highest BCUT2D eigenvalue weighted by atomic mass is 16.2. The molecule has 0 fully saturated rings. The highest BCUT2D eigenvalue weighted by Gasteiger charge is 2.12. The molecule has 2 rings (SSSR count). The molecule has 0 atom stereocenters. The second-order valence-electron chi connectivity index (χ2n) is 4.70. The lowest BCUT2D eigenvalue weighted by molar-refractivity contribution is 0.0949. The number of carbonyl (C=O) groups is 1. The van der Waals surface area contributed by atoms with Crippen LogP contribution < -0.4 is 10.7 Å². The Balaban J connectivity index is 2.10. The maximum Gasteiger partial charge on any atom is 0.257 e. The minimum absolute atomic E-state index is 0.123. The van der Waals surface area contributed by atoms with Crippen molar-refractivity contribution >= 4 is 5.91 Å². The molecule has 0 aliphatic carbocycles. The first-order valence-corrected chi connectivity index (χ1v) is 6.50. The van der Waals surface area contributed by atoms with E-state index in [4.69, 9.17) is 0 Å². The Morgan fingerprint density at radius 3 is 2.90 bits per heavy atom. The van der Waals surface area contributed by atoms with Gasteiger partial charge in [-0.1, -0.05) is 6.92 Å². The van der Waals surface area contributed by atoms with Crippen LogP contribution in [0.1, 0.15) is 34.2 Å². The van der Waals surface area contributed by atoms with Crippen LogP contribution in [0.2, 0.25) is 0 Å². The van der Waals surface area contributed by atoms with E-state index in [2.05, 4.69) is 15.4 Å². The van der Waals surface area contributed by atoms with Crippen LogP contribution in [0, 0.1) is 6.92 Å². The highest BCUT2D eigenvalue weighted by Crippen LogP contribution is 2.06. The van der Waals surface area contributed by atoms with E-state index in [1.165, 1.54) is 12.3 Å². The molecule has 2 heterocycles. The molecule has 0 saturated heterocycles. The van der Waals surface area contributed by atoms with E-state index < -0.39 is 0 Å². The van der Waals surface area contributed by atoms with Crippen LogP contribution in [0.5, 0.6) is 0 Å². The Morgan fingerprint density at radius 1 is 1.50 bits per heavy atom. The number of H-pyrrole nitrogens is 1. The first-order chi connectivity index (χ1) is 9.51. The fraction of sp³-hybridized carbons (Fsp3) is 0.357. The lowest BCUT2D eigenvalue weighted by atomic mass is 10.2. The van der Waals surface area contributed by atoms with Crippen molar-refractivity contribution in [3.63, 3.8) is 0 Å². The zero-order valence-electron chi connectivity index (χ0n) is 11.9. The summed E-state index contributed by atoms with van der Waals surface area (Å²) in [4.78, 5) is 26.6. The fourth-order valence-electron chi connectivity index (χ4n) is 2.05. The molecular formula is C14H18N4O2. The standard InChI is InChI=1S/C14H18N4O2/c1-4-12-10(8-18(3)17-12)6-16-14(20)11-7-15-9(2)5-13(11)19/h5,7-8H,4,6H2,1-3H3,(H,15,19)(H,16,20). The molecule has 1 amide bonds. The molecule has 0 unspecified atom stereocenters. The topological polar surface area (TPSA) is 79.8 Å². The van der Waals surface area contributed by atoms with Crippen molar-refractivity contribution in [3.05, 3.63) is 51.2 Å². The van der Waals surface area contributed by atoms with Crippen molar-refractivity contribution in [2.45, 2.75) is 26.8 Å². The van der Waals surface area contributed by atoms with Gasteiger partial charge in [-0.05, 0) is 13.3 Å². The van der Waals surface area contributed by atoms with Crippen LogP contribution in [-0.4, -0.2) is 20.7 Å². The maximum atomic E-state index is 12.0. The predicted octanol–water partition coefficient (Wildman–Crippen LogP) is 0.909. The molecule has 20 heavy (non-hydrogen) atoms. The van der Waals surface area contributed by atoms with Crippen molar-refractivity contribution < 1.29 is 4.79 Å². The zero-order valence-corrected chi connectivity index (χ0v) is 11.9. The molecule has 2 aromatic rings. The third kappa shape index (κ3) is 2.96. The molecule has 0 bridgehead atoms. The monoisotopic (exact) mass is 274 g/mol. The summed E-state index contributed by atoms with van der Waals surface area (Å²) in [6.45, 7) is 4.15. The first-order valence-electron chi connectivity index (χ1n) is 6.50. The van der Waals surface area contributed by atoms with Crippen LogP contribution in [-0.2, 0) is 20.0 Å². The summed E-state index contributed by atoms with van der Waals surface area (Å²) < 4.78 is 1.72. The van der Waals surface area contributed by atoms with Gasteiger partial charge in [-0.15, -0.1) is 0 Å². The number of pyridine rings is 1. The zero-order chi connectivity index (χ0) is 14.7. The molecule has 2 N–H and O–H groups in total. The molecular weight excluding hydrogens is 256 g/mol. The third-order valence-electron chi connectivity index (χ3n) is 3.07. The van der Waals surface area contributed by atoms with Crippen LogP contribution in [0.3, 0.4) is 0 Å². The summed E-state index contributed by atoms with van der Waals surface area (Å²) in [6.07, 6.45) is 4.12. The SMILES string of the molecule is CCc1nn(C)cc1CNC(=O)c1c[nH]c(C)cc1=O. The third-order valence-corrected chi connectivity index (χ3v) is 3.07. The van der Waals surface area contributed by atoms with Crippen molar-refractivity contribution in [1.82, 2.24) is 20.1 Å². The Kier molecular flexibility index (Phi) is 4.02. The van der Waals surface area contributed by atoms with Gasteiger partial charge >= 0.3 is 0 Å². The lowest BCUT2D eigenvalue weighted by Gasteiger charge is -2.04. The van der Waals surface area contributed by atoms with Crippen molar-refractivity contribution in [2.24, 2.45) is 7.05 Å². The van der Waals surface area contributed by atoms with Gasteiger partial charge in [0.05, 0.1) is 5.69 Å². The van der Waals surface area contributed by atoms with Gasteiger partial charge in [-0.25, -0.2) is 0 Å². The van der Waals surface area contributed by atoms with Gasteiger partial charge in [0.2, 0.25) is 0 Å². The number of aromatic amines is 1. The molecule has 0 saturated carbocycles. The minimum Gasteiger partial charge on any atom is -0.364 e. The van der Waals surface area contributed by atoms with Crippen LogP contribution in [0.4, 0.5) is 0 Å². The van der Waals surface area contributed by atoms with Gasteiger partial charge in [0.1, 0.15) is 5.56 Å². The van der Waals surface area contributed by atoms with Gasteiger partial charge in [-0.3, -0.25) is 14.3 Å². The molecule has 6 heteroatoms. The first kappa shape index (κ1) is 14.0. The van der Waals surface area contributed by atoms with E-state index in [9.17, 15) is 9.59 Å². The second kappa shape index (κ2) is 5.73. The largest absolute Gasteiger partial charge is 0.364 e. The van der Waals surface area contributed by atoms with E-state index in [0.29, 0.717) is 6.54 Å². The molecule has 0 radical (unpaired) electrons. The van der Waals surface area contributed by atoms with Crippen molar-refractivity contribution in [1.29, 1.82) is 0 Å². The van der Waals surface area contributed by atoms with Gasteiger partial charge in [0.25, 0.3) is 5.91 Å². The molecule has 0 aliphatic rings. The Bertz CT molecular complexity index is 685. The van der Waals surface area contributed by atoms with Crippen LogP contribution in [0.15, 0.2) is 23.3 Å². The van der Waals surface area contributed by atoms with Crippen molar-refractivity contribution in [2.75, 3.05) is 0 Å². The number of amides is 1. The number of aryl methyl sites for hydroxylation is 3. The number of rotatable bonds is 4. The lowest BCUT2D eigenvalue weighted by Crippen LogP contribution is -2.28. The molecule has 0 aromatic carbocycles. The number of nitrogens with one attached hydrogen (secondary N) is 2. The molecule has 0 aliphatic heterocycles. The predicted molar refractivity (Wildman–Crippen MR) is 75.6 cm³/mol. The average molecular weight is 274 g/mol. The maximum absolute atomic E-state index is 12.0. The molecule has 0 spiro atoms. The normalized spacial score (nSPS) is 10.6. The summed E-state index contributed by atoms with van der Waals surface area (Å²) in [6, 6.07) is 1.41. The summed E-state index contributed by atoms with van der Waals surface area (Å²) in [5, 5.41) is 7.06. The van der Waals surface area contributed by atoms with Crippen LogP contribution >= 0.6 is 0 Å². The minimum atomic E-state index is -0.378. The van der Waals surface area contributed by atoms with E-state index in [-0.39, 0.29) is 16.9 Å². The average Bonchev–Trinajstić information content (AvgIpc) is 2.76. The second-order valence-corrected chi connectivity index (χ2v) is 4.70. The smallest absolute Gasteiger partial charge is 0.257 e. The summed E-state index contributed by atoms with van der Waals surface area (Å²) in [5.41, 5.74) is 2.49. The van der Waals surface area contributed by atoms with E-state index >= 15 is 0 Å². The summed E-state index contributed by atoms with van der Waals surface area (Å²) in [7, 11) is 1.84. The Hall–Kier alpha value is -2.37. The fourth-order valence-corrected chi connectivity index (χ4v) is 2.05. The van der Waals surface area contributed by atoms with Crippen molar-refractivity contribution in [3.8, 4) is 0 Å². The van der Waals surface area contributed by atoms with Gasteiger partial charge < -0.3 is 10.3 Å². The number of hydrogen-bond donors (Lipinski definition) is 2. The Labute approximate surface area is 116 Å². The Morgan fingerprint density at radius 2 is 2.25 bits per heavy atom. The van der Waals surface area contributed by atoms with Gasteiger partial charge in [0, 0.05) is 43.3 Å². The van der Waals surface area contributed by atoms with E-state index in [1.54, 1.807) is 11.6 Å². The highest BCUT2D eigenvalue weighted by molar-refractivity contribution is 5.93.